The molecule has 0 aliphatic carbocycles. The van der Waals surface area contributed by atoms with E-state index in [9.17, 15) is 8.78 Å². The summed E-state index contributed by atoms with van der Waals surface area (Å²) in [5.41, 5.74) is 15.4. The van der Waals surface area contributed by atoms with Gasteiger partial charge in [-0.1, -0.05) is 12.1 Å². The quantitative estimate of drug-likeness (QED) is 0.168. The lowest BCUT2D eigenvalue weighted by atomic mass is 10.0. The minimum absolute atomic E-state index is 0.220. The molecule has 4 aromatic heterocycles. The molecule has 0 unspecified atom stereocenters. The van der Waals surface area contributed by atoms with E-state index in [0.717, 1.165) is 95.7 Å². The number of imidazole rings is 4. The van der Waals surface area contributed by atoms with Crippen molar-refractivity contribution in [1.29, 1.82) is 0 Å². The van der Waals surface area contributed by atoms with Crippen molar-refractivity contribution in [2.45, 2.75) is 66.5 Å². The molecule has 10 heteroatoms. The highest BCUT2D eigenvalue weighted by Crippen LogP contribution is 2.34. The van der Waals surface area contributed by atoms with E-state index in [1.54, 1.807) is 12.1 Å². The van der Waals surface area contributed by atoms with E-state index >= 15 is 0 Å². The van der Waals surface area contributed by atoms with Crippen molar-refractivity contribution in [2.24, 2.45) is 0 Å². The standard InChI is InChI=1S/2C25H23FN4/c1-17-12-19(5-10-23(17)29-15-18(2)28-16-29)13-21-4-3-11-30-24(14-27-25(21)30)20-6-8-22(26)9-7-20;1-17-12-19(5-10-24(17)30-14-18(2)27-16-30)13-21-4-3-11-29-15-23(28-25(21)29)20-6-8-22(26)9-7-20/h2*5-10,12-16H,3-4,11H2,1-2H3/b2*21-13+. The van der Waals surface area contributed by atoms with Crippen molar-refractivity contribution in [1.82, 2.24) is 38.2 Å². The molecule has 0 fully saturated rings. The fourth-order valence-electron chi connectivity index (χ4n) is 8.30. The number of fused-ring (bicyclic) bond motifs is 2. The van der Waals surface area contributed by atoms with Gasteiger partial charge in [-0.05, 0) is 177 Å². The lowest BCUT2D eigenvalue weighted by molar-refractivity contribution is 0.614. The summed E-state index contributed by atoms with van der Waals surface area (Å²) in [6, 6.07) is 26.2. The molecule has 0 radical (unpaired) electrons. The topological polar surface area (TPSA) is 71.3 Å². The predicted octanol–water partition coefficient (Wildman–Crippen LogP) is 11.7. The van der Waals surface area contributed by atoms with Gasteiger partial charge in [-0.3, -0.25) is 0 Å². The highest BCUT2D eigenvalue weighted by Gasteiger charge is 2.21. The molecule has 8 aromatic rings. The first-order valence-corrected chi connectivity index (χ1v) is 20.4. The number of allylic oxidation sites excluding steroid dienone is 2. The van der Waals surface area contributed by atoms with Gasteiger partial charge in [-0.25, -0.2) is 28.7 Å². The van der Waals surface area contributed by atoms with Crippen LogP contribution in [-0.2, 0) is 13.1 Å². The van der Waals surface area contributed by atoms with E-state index in [-0.39, 0.29) is 11.6 Å². The van der Waals surface area contributed by atoms with Gasteiger partial charge >= 0.3 is 0 Å². The van der Waals surface area contributed by atoms with Crippen LogP contribution < -0.4 is 0 Å². The second kappa shape index (κ2) is 16.4. The Kier molecular flexibility index (Phi) is 10.5. The first kappa shape index (κ1) is 38.6. The van der Waals surface area contributed by atoms with Crippen LogP contribution in [0.25, 0.3) is 57.2 Å². The Labute approximate surface area is 348 Å². The number of hydrogen-bond acceptors (Lipinski definition) is 4. The van der Waals surface area contributed by atoms with Gasteiger partial charge in [0.15, 0.2) is 0 Å². The molecule has 0 bridgehead atoms. The van der Waals surface area contributed by atoms with Crippen molar-refractivity contribution in [3.63, 3.8) is 0 Å². The average molecular weight is 797 g/mol. The highest BCUT2D eigenvalue weighted by molar-refractivity contribution is 5.82. The second-order valence-corrected chi connectivity index (χ2v) is 15.8. The molecular formula is C50H46F2N8. The third-order valence-corrected chi connectivity index (χ3v) is 11.3. The van der Waals surface area contributed by atoms with Crippen molar-refractivity contribution in [3.05, 3.63) is 179 Å². The van der Waals surface area contributed by atoms with Gasteiger partial charge in [0.25, 0.3) is 0 Å². The van der Waals surface area contributed by atoms with Crippen molar-refractivity contribution in [3.8, 4) is 33.9 Å². The Balaban J connectivity index is 0.000000154. The summed E-state index contributed by atoms with van der Waals surface area (Å²) in [6.07, 6.45) is 20.4. The molecule has 0 spiro atoms. The van der Waals surface area contributed by atoms with Gasteiger partial charge in [-0.15, -0.1) is 0 Å². The normalized spacial score (nSPS) is 14.8. The molecular weight excluding hydrogens is 751 g/mol. The lowest BCUT2D eigenvalue weighted by Crippen LogP contribution is -2.11. The number of hydrogen-bond donors (Lipinski definition) is 0. The Morgan fingerprint density at radius 3 is 1.63 bits per heavy atom. The molecule has 300 valence electrons. The molecule has 0 saturated carbocycles. The first-order chi connectivity index (χ1) is 29.1. The number of benzene rings is 4. The Hall–Kier alpha value is -6.94. The van der Waals surface area contributed by atoms with Gasteiger partial charge in [0, 0.05) is 48.6 Å². The van der Waals surface area contributed by atoms with Gasteiger partial charge in [0.1, 0.15) is 23.3 Å². The van der Waals surface area contributed by atoms with E-state index in [1.807, 2.05) is 57.2 Å². The van der Waals surface area contributed by atoms with Crippen LogP contribution in [0, 0.1) is 39.3 Å². The van der Waals surface area contributed by atoms with Crippen LogP contribution in [0.15, 0.2) is 122 Å². The lowest BCUT2D eigenvalue weighted by Gasteiger charge is -2.19. The Morgan fingerprint density at radius 2 is 1.10 bits per heavy atom. The van der Waals surface area contributed by atoms with E-state index in [0.29, 0.717) is 0 Å². The highest BCUT2D eigenvalue weighted by atomic mass is 19.1. The number of aryl methyl sites for hydroxylation is 5. The van der Waals surface area contributed by atoms with Gasteiger partial charge in [0.2, 0.25) is 0 Å². The molecule has 6 heterocycles. The SMILES string of the molecule is Cc1cn(-c2ccc(/C=C3\CCCn4c(-c5ccc(F)cc5)cnc43)cc2C)cn1.Cc1cn(-c2ccc(/C=C3\CCCn4cc(-c5ccc(F)cc5)nc43)cc2C)cn1. The van der Waals surface area contributed by atoms with Crippen LogP contribution in [0.2, 0.25) is 0 Å². The maximum absolute atomic E-state index is 13.3. The molecule has 0 saturated heterocycles. The van der Waals surface area contributed by atoms with Gasteiger partial charge < -0.3 is 18.3 Å². The van der Waals surface area contributed by atoms with E-state index in [2.05, 4.69) is 96.8 Å². The van der Waals surface area contributed by atoms with Crippen LogP contribution in [0.4, 0.5) is 8.78 Å². The van der Waals surface area contributed by atoms with Crippen LogP contribution in [-0.4, -0.2) is 38.2 Å². The predicted molar refractivity (Wildman–Crippen MR) is 236 cm³/mol. The molecule has 60 heavy (non-hydrogen) atoms. The summed E-state index contributed by atoms with van der Waals surface area (Å²) in [5.74, 6) is 1.57. The Morgan fingerprint density at radius 1 is 0.567 bits per heavy atom. The number of rotatable bonds is 6. The third-order valence-electron chi connectivity index (χ3n) is 11.3. The zero-order valence-corrected chi connectivity index (χ0v) is 34.3. The van der Waals surface area contributed by atoms with Gasteiger partial charge in [-0.2, -0.15) is 0 Å². The first-order valence-electron chi connectivity index (χ1n) is 20.4. The number of aromatic nitrogens is 8. The maximum atomic E-state index is 13.3. The molecule has 8 nitrogen and oxygen atoms in total. The minimum atomic E-state index is -0.229. The van der Waals surface area contributed by atoms with E-state index in [4.69, 9.17) is 9.97 Å². The van der Waals surface area contributed by atoms with Crippen LogP contribution >= 0.6 is 0 Å². The number of nitrogens with zero attached hydrogens (tertiary/aromatic N) is 8. The third kappa shape index (κ3) is 8.05. The Bertz CT molecular complexity index is 2780. The molecule has 2 aliphatic heterocycles. The fraction of sp³-hybridized carbons (Fsp3) is 0.200. The zero-order chi connectivity index (χ0) is 41.3. The van der Waals surface area contributed by atoms with E-state index < -0.39 is 0 Å². The monoisotopic (exact) mass is 796 g/mol. The van der Waals surface area contributed by atoms with Crippen molar-refractivity contribution < 1.29 is 8.78 Å². The second-order valence-electron chi connectivity index (χ2n) is 15.8. The summed E-state index contributed by atoms with van der Waals surface area (Å²) in [5, 5.41) is 0. The summed E-state index contributed by atoms with van der Waals surface area (Å²) in [6.45, 7) is 10.1. The smallest absolute Gasteiger partial charge is 0.136 e. The summed E-state index contributed by atoms with van der Waals surface area (Å²) < 4.78 is 35.1. The van der Waals surface area contributed by atoms with Crippen LogP contribution in [0.3, 0.4) is 0 Å². The maximum Gasteiger partial charge on any atom is 0.136 e. The summed E-state index contributed by atoms with van der Waals surface area (Å²) in [4.78, 5) is 18.2. The van der Waals surface area contributed by atoms with Crippen molar-refractivity contribution in [2.75, 3.05) is 0 Å². The largest absolute Gasteiger partial charge is 0.331 e. The molecule has 10 rings (SSSR count). The van der Waals surface area contributed by atoms with Gasteiger partial charge in [0.05, 0.1) is 41.6 Å². The summed E-state index contributed by atoms with van der Waals surface area (Å²) >= 11 is 0. The minimum Gasteiger partial charge on any atom is -0.331 e. The fourth-order valence-corrected chi connectivity index (χ4v) is 8.30. The number of halogens is 2. The van der Waals surface area contributed by atoms with Crippen LogP contribution in [0.5, 0.6) is 0 Å². The molecule has 0 N–H and O–H groups in total. The summed E-state index contributed by atoms with van der Waals surface area (Å²) in [7, 11) is 0. The van der Waals surface area contributed by atoms with Crippen molar-refractivity contribution >= 4 is 23.3 Å². The molecule has 4 aromatic carbocycles. The van der Waals surface area contributed by atoms with Crippen LogP contribution in [0.1, 0.15) is 71.0 Å². The average Bonchev–Trinajstić information content (AvgIpc) is 4.07. The molecule has 0 amide bonds. The van der Waals surface area contributed by atoms with E-state index in [1.165, 1.54) is 57.7 Å². The zero-order valence-electron chi connectivity index (χ0n) is 34.3. The molecule has 2 aliphatic rings. The molecule has 0 atom stereocenters.